The van der Waals surface area contributed by atoms with Crippen LogP contribution >= 0.6 is 0 Å². The second-order valence-corrected chi connectivity index (χ2v) is 3.75. The number of esters is 1. The molecule has 1 aromatic carbocycles. The zero-order valence-corrected chi connectivity index (χ0v) is 11.3. The van der Waals surface area contributed by atoms with Gasteiger partial charge in [0, 0.05) is 0 Å². The highest BCUT2D eigenvalue weighted by Gasteiger charge is 2.12. The normalized spacial score (nSPS) is 9.40. The third-order valence-corrected chi connectivity index (χ3v) is 2.23. The quantitative estimate of drug-likeness (QED) is 0.512. The Bertz CT molecular complexity index is 491. The molecule has 0 radical (unpaired) electrons. The lowest BCUT2D eigenvalue weighted by molar-refractivity contribution is 0.0549. The van der Waals surface area contributed by atoms with E-state index in [1.807, 2.05) is 0 Å². The molecule has 0 aliphatic heterocycles. The molecule has 0 aliphatic rings. The molecular weight excluding hydrogens is 256 g/mol. The van der Waals surface area contributed by atoms with Crippen molar-refractivity contribution in [3.63, 3.8) is 0 Å². The van der Waals surface area contributed by atoms with Crippen LogP contribution in [-0.4, -0.2) is 25.8 Å². The highest BCUT2D eigenvalue weighted by molar-refractivity contribution is 5.90. The van der Waals surface area contributed by atoms with Crippen LogP contribution in [0.15, 0.2) is 56.2 Å². The molecular formula is C16H18O4. The molecule has 1 rings (SSSR count). The molecule has 0 aromatic heterocycles. The predicted molar refractivity (Wildman–Crippen MR) is 78.3 cm³/mol. The Balaban J connectivity index is 2.92. The maximum atomic E-state index is 11.8. The summed E-state index contributed by atoms with van der Waals surface area (Å²) in [6.45, 7) is 11.5. The van der Waals surface area contributed by atoms with Gasteiger partial charge in [-0.3, -0.25) is 0 Å². The third kappa shape index (κ3) is 4.65. The van der Waals surface area contributed by atoms with Crippen molar-refractivity contribution in [2.45, 2.75) is 0 Å². The molecule has 1 aromatic rings. The fourth-order valence-corrected chi connectivity index (χ4v) is 1.38. The molecule has 20 heavy (non-hydrogen) atoms. The van der Waals surface area contributed by atoms with Gasteiger partial charge in [0.2, 0.25) is 0 Å². The van der Waals surface area contributed by atoms with Crippen molar-refractivity contribution in [1.82, 2.24) is 0 Å². The van der Waals surface area contributed by atoms with E-state index in [1.165, 1.54) is 6.08 Å². The van der Waals surface area contributed by atoms with Gasteiger partial charge in [0.15, 0.2) is 11.5 Å². The number of rotatable bonds is 9. The first-order valence-corrected chi connectivity index (χ1v) is 6.12. The van der Waals surface area contributed by atoms with E-state index in [9.17, 15) is 4.79 Å². The number of hydrogen-bond donors (Lipinski definition) is 0. The minimum Gasteiger partial charge on any atom is -0.486 e. The van der Waals surface area contributed by atoms with Gasteiger partial charge in [0.25, 0.3) is 0 Å². The summed E-state index contributed by atoms with van der Waals surface area (Å²) in [5.74, 6) is 0.551. The van der Waals surface area contributed by atoms with Crippen LogP contribution in [0.1, 0.15) is 10.4 Å². The van der Waals surface area contributed by atoms with E-state index < -0.39 is 5.97 Å². The van der Waals surface area contributed by atoms with Crippen molar-refractivity contribution >= 4 is 5.97 Å². The zero-order valence-electron chi connectivity index (χ0n) is 11.3. The minimum absolute atomic E-state index is 0.163. The van der Waals surface area contributed by atoms with Gasteiger partial charge < -0.3 is 14.2 Å². The third-order valence-electron chi connectivity index (χ3n) is 2.23. The van der Waals surface area contributed by atoms with Gasteiger partial charge in [-0.2, -0.15) is 0 Å². The first-order chi connectivity index (χ1) is 9.72. The van der Waals surface area contributed by atoms with Crippen molar-refractivity contribution in [2.75, 3.05) is 19.8 Å². The Labute approximate surface area is 119 Å². The highest BCUT2D eigenvalue weighted by Crippen LogP contribution is 2.28. The Morgan fingerprint density at radius 3 is 2.15 bits per heavy atom. The molecule has 0 fully saturated rings. The molecule has 0 aliphatic carbocycles. The fraction of sp³-hybridized carbons (Fsp3) is 0.188. The van der Waals surface area contributed by atoms with Gasteiger partial charge in [-0.25, -0.2) is 4.79 Å². The lowest BCUT2D eigenvalue weighted by atomic mass is 10.2. The Morgan fingerprint density at radius 1 is 0.950 bits per heavy atom. The van der Waals surface area contributed by atoms with Gasteiger partial charge >= 0.3 is 5.97 Å². The fourth-order valence-electron chi connectivity index (χ4n) is 1.38. The van der Waals surface area contributed by atoms with Crippen LogP contribution in [0.3, 0.4) is 0 Å². The van der Waals surface area contributed by atoms with Crippen molar-refractivity contribution in [1.29, 1.82) is 0 Å². The Hall–Kier alpha value is -2.49. The molecule has 106 valence electrons. The summed E-state index contributed by atoms with van der Waals surface area (Å²) in [4.78, 5) is 11.8. The largest absolute Gasteiger partial charge is 0.486 e. The first kappa shape index (κ1) is 15.6. The first-order valence-electron chi connectivity index (χ1n) is 6.12. The summed E-state index contributed by atoms with van der Waals surface area (Å²) in [7, 11) is 0. The second kappa shape index (κ2) is 8.58. The molecule has 0 N–H and O–H groups in total. The van der Waals surface area contributed by atoms with Crippen LogP contribution in [0.25, 0.3) is 0 Å². The van der Waals surface area contributed by atoms with Crippen LogP contribution in [0.2, 0.25) is 0 Å². The SMILES string of the molecule is C=CCOC(=O)c1ccc(OCC=C)c(OCC=C)c1. The molecule has 4 heteroatoms. The van der Waals surface area contributed by atoms with Crippen LogP contribution in [-0.2, 0) is 4.74 Å². The van der Waals surface area contributed by atoms with Gasteiger partial charge in [0.1, 0.15) is 19.8 Å². The summed E-state index contributed by atoms with van der Waals surface area (Å²) < 4.78 is 15.9. The second-order valence-electron chi connectivity index (χ2n) is 3.75. The Morgan fingerprint density at radius 2 is 1.55 bits per heavy atom. The smallest absolute Gasteiger partial charge is 0.338 e. The average molecular weight is 274 g/mol. The van der Waals surface area contributed by atoms with E-state index in [0.29, 0.717) is 30.3 Å². The zero-order chi connectivity index (χ0) is 14.8. The summed E-state index contributed by atoms with van der Waals surface area (Å²) in [6, 6.07) is 4.85. The van der Waals surface area contributed by atoms with E-state index in [2.05, 4.69) is 19.7 Å². The minimum atomic E-state index is -0.441. The van der Waals surface area contributed by atoms with Crippen LogP contribution < -0.4 is 9.47 Å². The Kier molecular flexibility index (Phi) is 6.68. The molecule has 0 amide bonds. The van der Waals surface area contributed by atoms with Gasteiger partial charge in [-0.05, 0) is 18.2 Å². The molecule has 0 unspecified atom stereocenters. The molecule has 4 nitrogen and oxygen atoms in total. The lowest BCUT2D eigenvalue weighted by Crippen LogP contribution is -2.06. The average Bonchev–Trinajstić information content (AvgIpc) is 2.48. The maximum absolute atomic E-state index is 11.8. The topological polar surface area (TPSA) is 44.8 Å². The molecule has 0 saturated heterocycles. The standard InChI is InChI=1S/C16H18O4/c1-4-9-18-14-8-7-13(16(17)20-11-6-3)12-15(14)19-10-5-2/h4-8,12H,1-3,9-11H2. The van der Waals surface area contributed by atoms with Crippen LogP contribution in [0.4, 0.5) is 0 Å². The van der Waals surface area contributed by atoms with E-state index in [0.717, 1.165) is 0 Å². The molecule has 0 atom stereocenters. The number of benzene rings is 1. The highest BCUT2D eigenvalue weighted by atomic mass is 16.5. The molecule has 0 saturated carbocycles. The summed E-state index contributed by atoms with van der Waals surface area (Å²) >= 11 is 0. The maximum Gasteiger partial charge on any atom is 0.338 e. The van der Waals surface area contributed by atoms with Crippen molar-refractivity contribution < 1.29 is 19.0 Å². The number of carbonyl (C=O) groups excluding carboxylic acids is 1. The number of hydrogen-bond acceptors (Lipinski definition) is 4. The summed E-state index contributed by atoms with van der Waals surface area (Å²) in [5, 5.41) is 0. The van der Waals surface area contributed by atoms with Crippen molar-refractivity contribution in [3.05, 3.63) is 61.7 Å². The summed E-state index contributed by atoms with van der Waals surface area (Å²) in [5.41, 5.74) is 0.386. The van der Waals surface area contributed by atoms with E-state index >= 15 is 0 Å². The van der Waals surface area contributed by atoms with Gasteiger partial charge in [-0.15, -0.1) is 0 Å². The van der Waals surface area contributed by atoms with Crippen molar-refractivity contribution in [3.8, 4) is 11.5 Å². The molecule has 0 heterocycles. The van der Waals surface area contributed by atoms with Gasteiger partial charge in [0.05, 0.1) is 5.56 Å². The lowest BCUT2D eigenvalue weighted by Gasteiger charge is -2.12. The van der Waals surface area contributed by atoms with E-state index in [-0.39, 0.29) is 6.61 Å². The van der Waals surface area contributed by atoms with E-state index in [4.69, 9.17) is 14.2 Å². The van der Waals surface area contributed by atoms with Crippen LogP contribution in [0.5, 0.6) is 11.5 Å². The number of carbonyl (C=O) groups is 1. The van der Waals surface area contributed by atoms with E-state index in [1.54, 1.807) is 30.4 Å². The summed E-state index contributed by atoms with van der Waals surface area (Å²) in [6.07, 6.45) is 4.75. The number of ether oxygens (including phenoxy) is 3. The predicted octanol–water partition coefficient (Wildman–Crippen LogP) is 3.16. The van der Waals surface area contributed by atoms with Crippen LogP contribution in [0, 0.1) is 0 Å². The molecule has 0 spiro atoms. The molecule has 0 bridgehead atoms. The van der Waals surface area contributed by atoms with Crippen molar-refractivity contribution in [2.24, 2.45) is 0 Å². The monoisotopic (exact) mass is 274 g/mol. The van der Waals surface area contributed by atoms with Gasteiger partial charge in [-0.1, -0.05) is 38.0 Å².